The van der Waals surface area contributed by atoms with Gasteiger partial charge < -0.3 is 15.7 Å². The molecule has 0 radical (unpaired) electrons. The van der Waals surface area contributed by atoms with Crippen LogP contribution in [0.3, 0.4) is 0 Å². The van der Waals surface area contributed by atoms with E-state index in [2.05, 4.69) is 10.3 Å². The molecular weight excluding hydrogens is 250 g/mol. The largest absolute Gasteiger partial charge is 0.476 e. The fraction of sp³-hybridized carbons (Fsp3) is 0.636. The molecule has 0 aromatic carbocycles. The van der Waals surface area contributed by atoms with Crippen LogP contribution in [0.25, 0.3) is 0 Å². The number of carbonyl (C=O) groups is 2. The number of nitrogens with zero attached hydrogens (tertiary/aromatic N) is 4. The topological polar surface area (TPSA) is 114 Å². The molecule has 1 amide bonds. The first-order valence-electron chi connectivity index (χ1n) is 5.99. The van der Waals surface area contributed by atoms with Crippen LogP contribution in [0, 0.1) is 5.41 Å². The summed E-state index contributed by atoms with van der Waals surface area (Å²) in [6.45, 7) is 4.91. The molecule has 8 nitrogen and oxygen atoms in total. The number of hydrogen-bond acceptors (Lipinski definition) is 5. The van der Waals surface area contributed by atoms with Gasteiger partial charge in [-0.05, 0) is 13.8 Å². The average Bonchev–Trinajstić information content (AvgIpc) is 2.76. The number of carboxylic acid groups (broad SMARTS) is 1. The van der Waals surface area contributed by atoms with Crippen LogP contribution in [0.4, 0.5) is 0 Å². The summed E-state index contributed by atoms with van der Waals surface area (Å²) in [4.78, 5) is 24.5. The minimum absolute atomic E-state index is 0.00447. The maximum atomic E-state index is 12.1. The van der Waals surface area contributed by atoms with Crippen molar-refractivity contribution in [2.45, 2.75) is 19.9 Å². The van der Waals surface area contributed by atoms with Gasteiger partial charge in [0.15, 0.2) is 5.69 Å². The molecule has 1 aromatic rings. The van der Waals surface area contributed by atoms with Crippen molar-refractivity contribution >= 4 is 11.9 Å². The van der Waals surface area contributed by atoms with Gasteiger partial charge in [-0.25, -0.2) is 9.48 Å². The molecule has 8 heteroatoms. The summed E-state index contributed by atoms with van der Waals surface area (Å²) in [5.74, 6) is -1.10. The molecular formula is C11H17N5O3. The smallest absolute Gasteiger partial charge is 0.358 e. The van der Waals surface area contributed by atoms with E-state index >= 15 is 0 Å². The van der Waals surface area contributed by atoms with Gasteiger partial charge in [0.2, 0.25) is 5.91 Å². The number of hydrogen-bond donors (Lipinski definition) is 2. The van der Waals surface area contributed by atoms with Gasteiger partial charge in [0.25, 0.3) is 0 Å². The number of aromatic nitrogens is 3. The van der Waals surface area contributed by atoms with E-state index in [1.54, 1.807) is 18.7 Å². The van der Waals surface area contributed by atoms with Crippen molar-refractivity contribution in [3.05, 3.63) is 11.9 Å². The van der Waals surface area contributed by atoms with Crippen molar-refractivity contribution in [3.8, 4) is 0 Å². The molecule has 0 aliphatic carbocycles. The molecule has 1 fully saturated rings. The summed E-state index contributed by atoms with van der Waals surface area (Å²) in [6.07, 6.45) is 1.38. The molecule has 0 unspecified atom stereocenters. The van der Waals surface area contributed by atoms with Gasteiger partial charge in [-0.3, -0.25) is 4.79 Å². The zero-order chi connectivity index (χ0) is 14.2. The Labute approximate surface area is 110 Å². The highest BCUT2D eigenvalue weighted by Gasteiger charge is 2.39. The predicted molar refractivity (Wildman–Crippen MR) is 65.4 cm³/mol. The van der Waals surface area contributed by atoms with Gasteiger partial charge in [-0.1, -0.05) is 5.21 Å². The normalized spacial score (nSPS) is 16.3. The number of carboxylic acids is 1. The van der Waals surface area contributed by atoms with Crippen LogP contribution in [0.2, 0.25) is 0 Å². The Hall–Kier alpha value is -1.96. The third-order valence-corrected chi connectivity index (χ3v) is 3.34. The number of nitrogens with two attached hydrogens (primary N) is 1. The third kappa shape index (κ3) is 2.43. The standard InChI is InChI=1S/C11H17N5O3/c1-11(2,6-12)10(19)15-3-7(4-15)16-5-8(9(17)18)13-14-16/h5,7H,3-4,6,12H2,1-2H3,(H,17,18). The molecule has 2 heterocycles. The van der Waals surface area contributed by atoms with Crippen molar-refractivity contribution in [2.75, 3.05) is 19.6 Å². The number of rotatable bonds is 4. The van der Waals surface area contributed by atoms with E-state index in [1.165, 1.54) is 10.9 Å². The Morgan fingerprint density at radius 2 is 2.16 bits per heavy atom. The van der Waals surface area contributed by atoms with Gasteiger partial charge in [0.05, 0.1) is 17.7 Å². The van der Waals surface area contributed by atoms with Crippen molar-refractivity contribution in [3.63, 3.8) is 0 Å². The van der Waals surface area contributed by atoms with Crippen LogP contribution in [-0.2, 0) is 4.79 Å². The molecule has 0 saturated carbocycles. The molecule has 0 atom stereocenters. The zero-order valence-electron chi connectivity index (χ0n) is 10.9. The number of likely N-dealkylation sites (tertiary alicyclic amines) is 1. The first kappa shape index (κ1) is 13.5. The number of amides is 1. The Morgan fingerprint density at radius 1 is 1.53 bits per heavy atom. The second kappa shape index (κ2) is 4.61. The highest BCUT2D eigenvalue weighted by Crippen LogP contribution is 2.26. The lowest BCUT2D eigenvalue weighted by atomic mass is 9.90. The molecule has 104 valence electrons. The van der Waals surface area contributed by atoms with E-state index < -0.39 is 11.4 Å². The summed E-state index contributed by atoms with van der Waals surface area (Å²) in [5.41, 5.74) is 4.91. The molecule has 0 spiro atoms. The summed E-state index contributed by atoms with van der Waals surface area (Å²) >= 11 is 0. The first-order valence-corrected chi connectivity index (χ1v) is 5.99. The van der Waals surface area contributed by atoms with E-state index in [9.17, 15) is 9.59 Å². The highest BCUT2D eigenvalue weighted by molar-refractivity contribution is 5.84. The van der Waals surface area contributed by atoms with E-state index in [1.807, 2.05) is 0 Å². The molecule has 1 aliphatic rings. The van der Waals surface area contributed by atoms with Crippen molar-refractivity contribution in [2.24, 2.45) is 11.1 Å². The van der Waals surface area contributed by atoms with Gasteiger partial charge in [-0.15, -0.1) is 5.10 Å². The van der Waals surface area contributed by atoms with Crippen LogP contribution < -0.4 is 5.73 Å². The molecule has 2 rings (SSSR count). The zero-order valence-corrected chi connectivity index (χ0v) is 10.9. The van der Waals surface area contributed by atoms with Crippen LogP contribution in [0.1, 0.15) is 30.4 Å². The monoisotopic (exact) mass is 267 g/mol. The fourth-order valence-corrected chi connectivity index (χ4v) is 1.86. The molecule has 1 aromatic heterocycles. The SMILES string of the molecule is CC(C)(CN)C(=O)N1CC(n2cc(C(=O)O)nn2)C1. The molecule has 0 bridgehead atoms. The van der Waals surface area contributed by atoms with Crippen molar-refractivity contribution in [1.82, 2.24) is 19.9 Å². The summed E-state index contributed by atoms with van der Waals surface area (Å²) in [7, 11) is 0. The van der Waals surface area contributed by atoms with E-state index in [4.69, 9.17) is 10.8 Å². The Balaban J connectivity index is 1.96. The van der Waals surface area contributed by atoms with E-state index in [-0.39, 0.29) is 17.6 Å². The van der Waals surface area contributed by atoms with Gasteiger partial charge in [-0.2, -0.15) is 0 Å². The quantitative estimate of drug-likeness (QED) is 0.748. The molecule has 1 aliphatic heterocycles. The first-order chi connectivity index (χ1) is 8.85. The summed E-state index contributed by atoms with van der Waals surface area (Å²) in [6, 6.07) is -0.0156. The maximum absolute atomic E-state index is 12.1. The van der Waals surface area contributed by atoms with Gasteiger partial charge >= 0.3 is 5.97 Å². The molecule has 3 N–H and O–H groups in total. The lowest BCUT2D eigenvalue weighted by Gasteiger charge is -2.42. The number of aromatic carboxylic acids is 1. The second-order valence-electron chi connectivity index (χ2n) is 5.34. The minimum Gasteiger partial charge on any atom is -0.476 e. The Kier molecular flexibility index (Phi) is 3.27. The van der Waals surface area contributed by atoms with Crippen LogP contribution in [0.5, 0.6) is 0 Å². The van der Waals surface area contributed by atoms with Crippen LogP contribution in [-0.4, -0.2) is 56.5 Å². The van der Waals surface area contributed by atoms with Gasteiger partial charge in [0, 0.05) is 19.6 Å². The van der Waals surface area contributed by atoms with Crippen molar-refractivity contribution in [1.29, 1.82) is 0 Å². The van der Waals surface area contributed by atoms with E-state index in [0.717, 1.165) is 0 Å². The van der Waals surface area contributed by atoms with Crippen LogP contribution >= 0.6 is 0 Å². The second-order valence-corrected chi connectivity index (χ2v) is 5.34. The number of carbonyl (C=O) groups excluding carboxylic acids is 1. The fourth-order valence-electron chi connectivity index (χ4n) is 1.86. The van der Waals surface area contributed by atoms with Crippen LogP contribution in [0.15, 0.2) is 6.20 Å². The lowest BCUT2D eigenvalue weighted by Crippen LogP contribution is -2.56. The highest BCUT2D eigenvalue weighted by atomic mass is 16.4. The van der Waals surface area contributed by atoms with E-state index in [0.29, 0.717) is 19.6 Å². The average molecular weight is 267 g/mol. The lowest BCUT2D eigenvalue weighted by molar-refractivity contribution is -0.146. The minimum atomic E-state index is -1.11. The molecule has 1 saturated heterocycles. The Bertz CT molecular complexity index is 504. The summed E-state index contributed by atoms with van der Waals surface area (Å²) in [5, 5.41) is 16.1. The summed E-state index contributed by atoms with van der Waals surface area (Å²) < 4.78 is 1.49. The molecule has 19 heavy (non-hydrogen) atoms. The van der Waals surface area contributed by atoms with Gasteiger partial charge in [0.1, 0.15) is 0 Å². The predicted octanol–water partition coefficient (Wildman–Crippen LogP) is -0.655. The maximum Gasteiger partial charge on any atom is 0.358 e. The van der Waals surface area contributed by atoms with Crippen molar-refractivity contribution < 1.29 is 14.7 Å². The Morgan fingerprint density at radius 3 is 2.63 bits per heavy atom. The third-order valence-electron chi connectivity index (χ3n) is 3.34.